The Morgan fingerprint density at radius 1 is 0.975 bits per heavy atom. The van der Waals surface area contributed by atoms with E-state index in [2.05, 4.69) is 33.9 Å². The lowest BCUT2D eigenvalue weighted by atomic mass is 9.73. The number of hydrogen-bond donors (Lipinski definition) is 1. The largest absolute Gasteiger partial charge is 0.357 e. The van der Waals surface area contributed by atoms with Gasteiger partial charge in [-0.15, -0.1) is 0 Å². The van der Waals surface area contributed by atoms with Crippen LogP contribution in [0.4, 0.5) is 17.2 Å². The van der Waals surface area contributed by atoms with E-state index in [1.54, 1.807) is 6.20 Å². The number of benzene rings is 2. The third-order valence-electron chi connectivity index (χ3n) is 8.10. The van der Waals surface area contributed by atoms with Gasteiger partial charge >= 0.3 is 0 Å². The molecule has 0 radical (unpaired) electrons. The number of nitrogens with one attached hydrogen (secondary N) is 1. The summed E-state index contributed by atoms with van der Waals surface area (Å²) in [5.74, 6) is 1.10. The van der Waals surface area contributed by atoms with E-state index < -0.39 is 6.04 Å². The van der Waals surface area contributed by atoms with Crippen molar-refractivity contribution in [3.05, 3.63) is 94.8 Å². The molecule has 1 aliphatic carbocycles. The first-order chi connectivity index (χ1) is 19.3. The van der Waals surface area contributed by atoms with Crippen molar-refractivity contribution in [1.82, 2.24) is 9.88 Å². The highest BCUT2D eigenvalue weighted by Crippen LogP contribution is 2.48. The van der Waals surface area contributed by atoms with Crippen LogP contribution in [0.1, 0.15) is 38.3 Å². The monoisotopic (exact) mass is 555 g/mol. The maximum Gasteiger partial charge on any atom is 0.242 e. The molecule has 6 rings (SSSR count). The van der Waals surface area contributed by atoms with Gasteiger partial charge in [-0.25, -0.2) is 4.98 Å². The van der Waals surface area contributed by atoms with Gasteiger partial charge < -0.3 is 20.0 Å². The van der Waals surface area contributed by atoms with E-state index in [1.807, 2.05) is 71.6 Å². The Labute approximate surface area is 240 Å². The molecular formula is C32H34ClN5O2. The SMILES string of the molecule is CC1(C)CC(=O)C2=C(C1)Nc1ccccc1N(CC(=O)N1CCN(c3ccccn3)CC1)C2c1ccc(Cl)cc1. The quantitative estimate of drug-likeness (QED) is 0.445. The number of halogens is 1. The number of allylic oxidation sites excluding steroid dienone is 1. The molecule has 40 heavy (non-hydrogen) atoms. The van der Waals surface area contributed by atoms with E-state index in [9.17, 15) is 9.59 Å². The number of amides is 1. The van der Waals surface area contributed by atoms with Gasteiger partial charge in [0.15, 0.2) is 5.78 Å². The number of hydrogen-bond acceptors (Lipinski definition) is 6. The zero-order chi connectivity index (χ0) is 27.9. The Hall–Kier alpha value is -3.84. The number of fused-ring (bicyclic) bond motifs is 1. The molecule has 1 aromatic heterocycles. The van der Waals surface area contributed by atoms with Crippen LogP contribution in [0.3, 0.4) is 0 Å². The van der Waals surface area contributed by atoms with E-state index in [4.69, 9.17) is 11.6 Å². The molecule has 1 unspecified atom stereocenters. The number of para-hydroxylation sites is 2. The maximum absolute atomic E-state index is 13.9. The molecule has 206 valence electrons. The van der Waals surface area contributed by atoms with Crippen molar-refractivity contribution in [2.45, 2.75) is 32.7 Å². The number of carbonyl (C=O) groups excluding carboxylic acids is 2. The summed E-state index contributed by atoms with van der Waals surface area (Å²) in [5, 5.41) is 4.25. The Kier molecular flexibility index (Phi) is 7.00. The van der Waals surface area contributed by atoms with Crippen molar-refractivity contribution in [3.63, 3.8) is 0 Å². The van der Waals surface area contributed by atoms with Gasteiger partial charge in [0.05, 0.1) is 24.0 Å². The summed E-state index contributed by atoms with van der Waals surface area (Å²) in [6, 6.07) is 21.2. The molecule has 3 aromatic rings. The average Bonchev–Trinajstić information content (AvgIpc) is 3.08. The summed E-state index contributed by atoms with van der Waals surface area (Å²) < 4.78 is 0. The van der Waals surface area contributed by atoms with Crippen LogP contribution in [0, 0.1) is 5.41 Å². The molecule has 8 heteroatoms. The molecule has 7 nitrogen and oxygen atoms in total. The molecule has 1 atom stereocenters. The molecular weight excluding hydrogens is 522 g/mol. The zero-order valence-corrected chi connectivity index (χ0v) is 23.7. The summed E-state index contributed by atoms with van der Waals surface area (Å²) in [6.45, 7) is 7.12. The van der Waals surface area contributed by atoms with Crippen molar-refractivity contribution in [2.24, 2.45) is 5.41 Å². The normalized spacial score (nSPS) is 20.4. The fourth-order valence-electron chi connectivity index (χ4n) is 6.19. The van der Waals surface area contributed by atoms with Crippen molar-refractivity contribution in [2.75, 3.05) is 47.8 Å². The number of nitrogens with zero attached hydrogens (tertiary/aromatic N) is 4. The number of aromatic nitrogens is 1. The molecule has 0 spiro atoms. The molecule has 2 aliphatic heterocycles. The highest BCUT2D eigenvalue weighted by atomic mass is 35.5. The molecule has 1 saturated heterocycles. The van der Waals surface area contributed by atoms with Gasteiger partial charge in [0.1, 0.15) is 5.82 Å². The summed E-state index contributed by atoms with van der Waals surface area (Å²) in [6.07, 6.45) is 3.01. The molecule has 3 aliphatic rings. The number of piperazine rings is 1. The summed E-state index contributed by atoms with van der Waals surface area (Å²) in [7, 11) is 0. The van der Waals surface area contributed by atoms with E-state index in [0.717, 1.165) is 53.5 Å². The highest BCUT2D eigenvalue weighted by Gasteiger charge is 2.42. The number of ketones is 1. The molecule has 0 saturated carbocycles. The summed E-state index contributed by atoms with van der Waals surface area (Å²) in [5.41, 5.74) is 4.28. The Morgan fingerprint density at radius 3 is 2.42 bits per heavy atom. The van der Waals surface area contributed by atoms with Crippen molar-refractivity contribution >= 4 is 40.5 Å². The highest BCUT2D eigenvalue weighted by molar-refractivity contribution is 6.30. The van der Waals surface area contributed by atoms with Crippen LogP contribution in [-0.4, -0.2) is 54.3 Å². The number of pyridine rings is 1. The summed E-state index contributed by atoms with van der Waals surface area (Å²) in [4.78, 5) is 38.5. The van der Waals surface area contributed by atoms with Crippen molar-refractivity contribution < 1.29 is 9.59 Å². The fraction of sp³-hybridized carbons (Fsp3) is 0.344. The third-order valence-corrected chi connectivity index (χ3v) is 8.35. The number of Topliss-reactive ketones (excluding diaryl/α,β-unsaturated/α-hetero) is 1. The van der Waals surface area contributed by atoms with Gasteiger partial charge in [0.25, 0.3) is 0 Å². The molecule has 1 amide bonds. The molecule has 3 heterocycles. The van der Waals surface area contributed by atoms with E-state index in [-0.39, 0.29) is 23.7 Å². The van der Waals surface area contributed by atoms with Crippen LogP contribution in [-0.2, 0) is 9.59 Å². The van der Waals surface area contributed by atoms with E-state index in [0.29, 0.717) is 24.5 Å². The van der Waals surface area contributed by atoms with Crippen LogP contribution in [0.25, 0.3) is 0 Å². The zero-order valence-electron chi connectivity index (χ0n) is 22.9. The average molecular weight is 556 g/mol. The lowest BCUT2D eigenvalue weighted by molar-refractivity contribution is -0.130. The van der Waals surface area contributed by atoms with Crippen molar-refractivity contribution in [1.29, 1.82) is 0 Å². The minimum Gasteiger partial charge on any atom is -0.357 e. The summed E-state index contributed by atoms with van der Waals surface area (Å²) >= 11 is 6.27. The van der Waals surface area contributed by atoms with Crippen LogP contribution in [0.5, 0.6) is 0 Å². The first-order valence-corrected chi connectivity index (χ1v) is 14.2. The van der Waals surface area contributed by atoms with Crippen LogP contribution in [0.2, 0.25) is 5.02 Å². The Balaban J connectivity index is 1.35. The predicted octanol–water partition coefficient (Wildman–Crippen LogP) is 5.70. The van der Waals surface area contributed by atoms with Gasteiger partial charge in [-0.3, -0.25) is 9.59 Å². The van der Waals surface area contributed by atoms with Crippen LogP contribution < -0.4 is 15.1 Å². The molecule has 2 aromatic carbocycles. The molecule has 1 N–H and O–H groups in total. The first kappa shape index (κ1) is 26.4. The topological polar surface area (TPSA) is 68.8 Å². The fourth-order valence-corrected chi connectivity index (χ4v) is 6.32. The molecule has 0 bridgehead atoms. The minimum atomic E-state index is -0.411. The van der Waals surface area contributed by atoms with Gasteiger partial charge in [-0.1, -0.05) is 55.8 Å². The van der Waals surface area contributed by atoms with E-state index in [1.165, 1.54) is 0 Å². The number of anilines is 3. The maximum atomic E-state index is 13.9. The van der Waals surface area contributed by atoms with Crippen LogP contribution >= 0.6 is 11.6 Å². The predicted molar refractivity (Wildman–Crippen MR) is 160 cm³/mol. The third kappa shape index (κ3) is 5.18. The van der Waals surface area contributed by atoms with Crippen LogP contribution in [0.15, 0.2) is 84.2 Å². The second-order valence-electron chi connectivity index (χ2n) is 11.6. The lowest BCUT2D eigenvalue weighted by Gasteiger charge is -2.40. The number of carbonyl (C=O) groups is 2. The minimum absolute atomic E-state index is 0.0436. The smallest absolute Gasteiger partial charge is 0.242 e. The first-order valence-electron chi connectivity index (χ1n) is 13.9. The standard InChI is InChI=1S/C32H34ClN5O2/c1-32(2)19-25-30(27(39)20-32)31(22-10-12-23(33)13-11-22)38(26-8-4-3-7-24(26)35-25)21-29(40)37-17-15-36(16-18-37)28-9-5-6-14-34-28/h3-14,31,35H,15-21H2,1-2H3. The second-order valence-corrected chi connectivity index (χ2v) is 12.0. The Bertz CT molecular complexity index is 1450. The Morgan fingerprint density at radius 2 is 1.70 bits per heavy atom. The molecule has 1 fully saturated rings. The van der Waals surface area contributed by atoms with Gasteiger partial charge in [-0.2, -0.15) is 0 Å². The van der Waals surface area contributed by atoms with Crippen molar-refractivity contribution in [3.8, 4) is 0 Å². The lowest BCUT2D eigenvalue weighted by Crippen LogP contribution is -2.52. The van der Waals surface area contributed by atoms with Gasteiger partial charge in [0.2, 0.25) is 5.91 Å². The number of rotatable bonds is 4. The van der Waals surface area contributed by atoms with E-state index >= 15 is 0 Å². The van der Waals surface area contributed by atoms with Gasteiger partial charge in [0, 0.05) is 55.1 Å². The van der Waals surface area contributed by atoms with Gasteiger partial charge in [-0.05, 0) is 53.8 Å². The second kappa shape index (κ2) is 10.6.